The topological polar surface area (TPSA) is 88.6 Å². The molecule has 9 heteroatoms. The number of fused-ring (bicyclic) bond motifs is 1. The lowest BCUT2D eigenvalue weighted by molar-refractivity contribution is -0.121. The van der Waals surface area contributed by atoms with Crippen molar-refractivity contribution in [2.24, 2.45) is 0 Å². The van der Waals surface area contributed by atoms with E-state index in [2.05, 4.69) is 16.3 Å². The van der Waals surface area contributed by atoms with Gasteiger partial charge in [0.2, 0.25) is 10.0 Å². The van der Waals surface area contributed by atoms with Crippen LogP contribution in [0.25, 0.3) is 11.3 Å². The van der Waals surface area contributed by atoms with Crippen LogP contribution in [0.15, 0.2) is 36.2 Å². The normalized spacial score (nSPS) is 13.8. The molecule has 0 saturated carbocycles. The van der Waals surface area contributed by atoms with Crippen molar-refractivity contribution in [3.63, 3.8) is 0 Å². The van der Waals surface area contributed by atoms with E-state index in [1.807, 2.05) is 19.1 Å². The number of thiazole rings is 1. The lowest BCUT2D eigenvalue weighted by Crippen LogP contribution is -2.38. The third-order valence-electron chi connectivity index (χ3n) is 4.02. The first-order valence-electron chi connectivity index (χ1n) is 8.58. The van der Waals surface area contributed by atoms with E-state index in [0.717, 1.165) is 12.0 Å². The Morgan fingerprint density at radius 3 is 3.00 bits per heavy atom. The number of hydrogen-bond acceptors (Lipinski definition) is 6. The van der Waals surface area contributed by atoms with Crippen LogP contribution >= 0.6 is 11.3 Å². The van der Waals surface area contributed by atoms with E-state index in [1.165, 1.54) is 11.3 Å². The summed E-state index contributed by atoms with van der Waals surface area (Å²) in [6, 6.07) is 5.45. The second-order valence-electron chi connectivity index (χ2n) is 6.08. The van der Waals surface area contributed by atoms with Crippen molar-refractivity contribution in [2.45, 2.75) is 19.8 Å². The van der Waals surface area contributed by atoms with Crippen LogP contribution in [-0.2, 0) is 14.8 Å². The first-order valence-corrected chi connectivity index (χ1v) is 11.1. The van der Waals surface area contributed by atoms with Crippen molar-refractivity contribution >= 4 is 38.1 Å². The molecule has 0 aliphatic carbocycles. The van der Waals surface area contributed by atoms with Crippen LogP contribution in [0.1, 0.15) is 19.8 Å². The average Bonchev–Trinajstić information content (AvgIpc) is 3.10. The third kappa shape index (κ3) is 4.48. The van der Waals surface area contributed by atoms with Gasteiger partial charge in [-0.05, 0) is 24.6 Å². The predicted molar refractivity (Wildman–Crippen MR) is 108 cm³/mol. The summed E-state index contributed by atoms with van der Waals surface area (Å²) in [5, 5.41) is 2.11. The zero-order valence-electron chi connectivity index (χ0n) is 15.0. The van der Waals surface area contributed by atoms with Crippen molar-refractivity contribution in [3.05, 3.63) is 36.2 Å². The number of ether oxygens (including phenoxy) is 1. The van der Waals surface area contributed by atoms with E-state index >= 15 is 0 Å². The molecule has 0 spiro atoms. The largest absolute Gasteiger partial charge is 0.482 e. The molecule has 0 saturated heterocycles. The lowest BCUT2D eigenvalue weighted by Gasteiger charge is -2.28. The van der Waals surface area contributed by atoms with Gasteiger partial charge >= 0.3 is 0 Å². The molecular weight excluding hydrogens is 386 g/mol. The van der Waals surface area contributed by atoms with Crippen LogP contribution in [0.2, 0.25) is 0 Å². The highest BCUT2D eigenvalue weighted by Crippen LogP contribution is 2.36. The number of nitrogens with one attached hydrogen (secondary N) is 1. The molecule has 2 heterocycles. The molecule has 1 aromatic carbocycles. The number of amides is 1. The van der Waals surface area contributed by atoms with Gasteiger partial charge in [-0.3, -0.25) is 9.52 Å². The zero-order chi connectivity index (χ0) is 19.4. The van der Waals surface area contributed by atoms with Crippen LogP contribution < -0.4 is 14.4 Å². The monoisotopic (exact) mass is 407 g/mol. The van der Waals surface area contributed by atoms with E-state index in [4.69, 9.17) is 4.74 Å². The number of sulfonamides is 1. The quantitative estimate of drug-likeness (QED) is 0.679. The van der Waals surface area contributed by atoms with Gasteiger partial charge in [0.15, 0.2) is 11.7 Å². The molecule has 1 aliphatic heterocycles. The van der Waals surface area contributed by atoms with E-state index in [-0.39, 0.29) is 18.3 Å². The van der Waals surface area contributed by atoms with Crippen LogP contribution in [0.3, 0.4) is 0 Å². The van der Waals surface area contributed by atoms with Crippen LogP contribution in [0.4, 0.5) is 10.8 Å². The molecule has 1 N–H and O–H groups in total. The Morgan fingerprint density at radius 1 is 1.44 bits per heavy atom. The summed E-state index contributed by atoms with van der Waals surface area (Å²) in [5.74, 6) is 0.561. The molecule has 2 aromatic rings. The van der Waals surface area contributed by atoms with Crippen molar-refractivity contribution in [1.29, 1.82) is 0 Å². The molecule has 0 atom stereocenters. The number of nitrogens with zero attached hydrogens (tertiary/aromatic N) is 2. The Morgan fingerprint density at radius 2 is 2.26 bits per heavy atom. The Kier molecular flexibility index (Phi) is 5.81. The van der Waals surface area contributed by atoms with Gasteiger partial charge in [-0.2, -0.15) is 0 Å². The summed E-state index contributed by atoms with van der Waals surface area (Å²) in [6.07, 6.45) is 3.07. The number of aromatic nitrogens is 1. The third-order valence-corrected chi connectivity index (χ3v) is 6.24. The predicted octanol–water partition coefficient (Wildman–Crippen LogP) is 3.26. The lowest BCUT2D eigenvalue weighted by atomic mass is 10.1. The molecule has 27 heavy (non-hydrogen) atoms. The van der Waals surface area contributed by atoms with Gasteiger partial charge in [0.05, 0.1) is 17.1 Å². The molecule has 144 valence electrons. The SMILES string of the molecule is C=CCN1C(=O)COc2ccc(-c3csc(NS(=O)(=O)CCCC)n3)cc21. The summed E-state index contributed by atoms with van der Waals surface area (Å²) in [7, 11) is -3.39. The molecule has 1 aromatic heterocycles. The number of unbranched alkanes of at least 4 members (excludes halogenated alkanes) is 1. The number of benzene rings is 1. The maximum Gasteiger partial charge on any atom is 0.265 e. The Labute approximate surface area is 162 Å². The van der Waals surface area contributed by atoms with Crippen molar-refractivity contribution in [3.8, 4) is 17.0 Å². The molecule has 3 rings (SSSR count). The van der Waals surface area contributed by atoms with E-state index in [1.54, 1.807) is 22.4 Å². The molecule has 0 unspecified atom stereocenters. The molecule has 1 aliphatic rings. The van der Waals surface area contributed by atoms with Gasteiger partial charge in [0.25, 0.3) is 5.91 Å². The highest BCUT2D eigenvalue weighted by molar-refractivity contribution is 7.92. The number of rotatable bonds is 8. The highest BCUT2D eigenvalue weighted by Gasteiger charge is 2.25. The first kappa shape index (κ1) is 19.4. The van der Waals surface area contributed by atoms with Gasteiger partial charge in [-0.15, -0.1) is 17.9 Å². The fourth-order valence-corrected chi connectivity index (χ4v) is 4.88. The van der Waals surface area contributed by atoms with Crippen LogP contribution in [-0.4, -0.2) is 38.2 Å². The first-order chi connectivity index (χ1) is 12.9. The molecule has 0 bridgehead atoms. The fraction of sp³-hybridized carbons (Fsp3) is 0.333. The number of anilines is 2. The average molecular weight is 408 g/mol. The van der Waals surface area contributed by atoms with Gasteiger partial charge in [-0.1, -0.05) is 19.4 Å². The summed E-state index contributed by atoms with van der Waals surface area (Å²) >= 11 is 1.22. The summed E-state index contributed by atoms with van der Waals surface area (Å²) in [5.41, 5.74) is 2.06. The molecule has 0 fully saturated rings. The van der Waals surface area contributed by atoms with Crippen molar-refractivity contribution < 1.29 is 17.9 Å². The molecule has 0 radical (unpaired) electrons. The second-order valence-corrected chi connectivity index (χ2v) is 8.78. The Balaban J connectivity index is 1.85. The number of hydrogen-bond donors (Lipinski definition) is 1. The van der Waals surface area contributed by atoms with Crippen LogP contribution in [0, 0.1) is 0 Å². The van der Waals surface area contributed by atoms with Gasteiger partial charge in [0, 0.05) is 17.5 Å². The molecule has 1 amide bonds. The fourth-order valence-electron chi connectivity index (χ4n) is 2.66. The van der Waals surface area contributed by atoms with E-state index < -0.39 is 10.0 Å². The maximum absolute atomic E-state index is 12.1. The van der Waals surface area contributed by atoms with E-state index in [0.29, 0.717) is 35.2 Å². The highest BCUT2D eigenvalue weighted by atomic mass is 32.2. The van der Waals surface area contributed by atoms with Gasteiger partial charge in [0.1, 0.15) is 5.75 Å². The molecule has 7 nitrogen and oxygen atoms in total. The van der Waals surface area contributed by atoms with E-state index in [9.17, 15) is 13.2 Å². The zero-order valence-corrected chi connectivity index (χ0v) is 16.6. The second kappa shape index (κ2) is 8.10. The summed E-state index contributed by atoms with van der Waals surface area (Å²) in [4.78, 5) is 18.1. The smallest absolute Gasteiger partial charge is 0.265 e. The Hall–Kier alpha value is -2.39. The number of carbonyl (C=O) groups is 1. The summed E-state index contributed by atoms with van der Waals surface area (Å²) in [6.45, 7) is 6.02. The van der Waals surface area contributed by atoms with Crippen molar-refractivity contribution in [1.82, 2.24) is 4.98 Å². The summed E-state index contributed by atoms with van der Waals surface area (Å²) < 4.78 is 32.1. The van der Waals surface area contributed by atoms with Gasteiger partial charge in [-0.25, -0.2) is 13.4 Å². The Bertz CT molecular complexity index is 953. The van der Waals surface area contributed by atoms with Gasteiger partial charge < -0.3 is 9.64 Å². The minimum atomic E-state index is -3.39. The van der Waals surface area contributed by atoms with Crippen molar-refractivity contribution in [2.75, 3.05) is 28.5 Å². The minimum Gasteiger partial charge on any atom is -0.482 e. The molecular formula is C18H21N3O4S2. The van der Waals surface area contributed by atoms with Crippen LogP contribution in [0.5, 0.6) is 5.75 Å². The minimum absolute atomic E-state index is 0.000571. The number of carbonyl (C=O) groups excluding carboxylic acids is 1. The maximum atomic E-state index is 12.1. The standard InChI is InChI=1S/C18H21N3O4S2/c1-3-5-9-27(23,24)20-18-19-14(12-26-18)13-6-7-16-15(10-13)21(8-4-2)17(22)11-25-16/h4,6-7,10,12H,2-3,5,8-9,11H2,1H3,(H,19,20).